The third-order valence-corrected chi connectivity index (χ3v) is 6.78. The quantitative estimate of drug-likeness (QED) is 0.640. The summed E-state index contributed by atoms with van der Waals surface area (Å²) in [5, 5.41) is 11.9. The van der Waals surface area contributed by atoms with Crippen LogP contribution in [0.4, 0.5) is 0 Å². The van der Waals surface area contributed by atoms with E-state index in [-0.39, 0.29) is 23.7 Å². The standard InChI is InChI=1S/C23H30ClN5O3/c1-32-23(31)20-15-29(27-26-20)19-13-21(28(14-19)18-8-3-2-4-9-18)22(30)25-11-10-16-6-5-7-17(24)12-16/h5-7,12,15,18-19,21H,2-4,8-11,13-14H2,1H3,(H,25,30)/t19-,21-/m0/s1. The van der Waals surface area contributed by atoms with Gasteiger partial charge in [-0.2, -0.15) is 0 Å². The highest BCUT2D eigenvalue weighted by atomic mass is 35.5. The number of benzene rings is 1. The summed E-state index contributed by atoms with van der Waals surface area (Å²) >= 11 is 6.06. The van der Waals surface area contributed by atoms with Gasteiger partial charge in [0.15, 0.2) is 5.69 Å². The number of ether oxygens (including phenoxy) is 1. The molecule has 2 atom stereocenters. The highest BCUT2D eigenvalue weighted by Crippen LogP contribution is 2.34. The second-order valence-electron chi connectivity index (χ2n) is 8.64. The maximum atomic E-state index is 13.2. The number of hydrogen-bond donors (Lipinski definition) is 1. The van der Waals surface area contributed by atoms with Crippen LogP contribution < -0.4 is 5.32 Å². The van der Waals surface area contributed by atoms with Crippen LogP contribution in [0.5, 0.6) is 0 Å². The Morgan fingerprint density at radius 3 is 2.78 bits per heavy atom. The van der Waals surface area contributed by atoms with Crippen molar-refractivity contribution >= 4 is 23.5 Å². The number of rotatable bonds is 7. The molecule has 4 rings (SSSR count). The van der Waals surface area contributed by atoms with Gasteiger partial charge in [0.25, 0.3) is 0 Å². The first-order valence-electron chi connectivity index (χ1n) is 11.3. The summed E-state index contributed by atoms with van der Waals surface area (Å²) in [5.41, 5.74) is 1.29. The SMILES string of the molecule is COC(=O)c1cn([C@H]2C[C@@H](C(=O)NCCc3cccc(Cl)c3)N(C3CCCCC3)C2)nn1. The second kappa shape index (κ2) is 10.4. The van der Waals surface area contributed by atoms with Crippen molar-refractivity contribution in [2.24, 2.45) is 0 Å². The topological polar surface area (TPSA) is 89.4 Å². The molecule has 1 saturated heterocycles. The minimum atomic E-state index is -0.506. The summed E-state index contributed by atoms with van der Waals surface area (Å²) < 4.78 is 6.45. The van der Waals surface area contributed by atoms with Gasteiger partial charge in [0.2, 0.25) is 5.91 Å². The zero-order valence-corrected chi connectivity index (χ0v) is 19.1. The van der Waals surface area contributed by atoms with E-state index in [2.05, 4.69) is 20.5 Å². The van der Waals surface area contributed by atoms with Crippen LogP contribution in [0.25, 0.3) is 0 Å². The van der Waals surface area contributed by atoms with Gasteiger partial charge in [-0.05, 0) is 43.4 Å². The van der Waals surface area contributed by atoms with Crippen molar-refractivity contribution < 1.29 is 14.3 Å². The van der Waals surface area contributed by atoms with Gasteiger partial charge in [-0.3, -0.25) is 9.69 Å². The van der Waals surface area contributed by atoms with Crippen molar-refractivity contribution in [3.63, 3.8) is 0 Å². The minimum Gasteiger partial charge on any atom is -0.464 e. The fourth-order valence-electron chi connectivity index (χ4n) is 4.90. The maximum absolute atomic E-state index is 13.2. The van der Waals surface area contributed by atoms with E-state index in [4.69, 9.17) is 16.3 Å². The van der Waals surface area contributed by atoms with Crippen LogP contribution in [0, 0.1) is 0 Å². The Hall–Kier alpha value is -2.45. The average molecular weight is 460 g/mol. The molecule has 2 heterocycles. The molecule has 0 unspecified atom stereocenters. The van der Waals surface area contributed by atoms with Crippen LogP contribution in [0.2, 0.25) is 5.02 Å². The number of esters is 1. The van der Waals surface area contributed by atoms with Gasteiger partial charge in [-0.1, -0.05) is 48.2 Å². The minimum absolute atomic E-state index is 0.00786. The first kappa shape index (κ1) is 22.7. The fourth-order valence-corrected chi connectivity index (χ4v) is 5.11. The molecule has 8 nitrogen and oxygen atoms in total. The lowest BCUT2D eigenvalue weighted by Crippen LogP contribution is -2.48. The van der Waals surface area contributed by atoms with E-state index in [0.29, 0.717) is 24.0 Å². The normalized spacial score (nSPS) is 22.1. The predicted octanol–water partition coefficient (Wildman–Crippen LogP) is 3.03. The second-order valence-corrected chi connectivity index (χ2v) is 9.08. The maximum Gasteiger partial charge on any atom is 0.360 e. The van der Waals surface area contributed by atoms with Gasteiger partial charge < -0.3 is 10.1 Å². The molecule has 0 bridgehead atoms. The molecule has 2 aromatic rings. The lowest BCUT2D eigenvalue weighted by molar-refractivity contribution is -0.126. The van der Waals surface area contributed by atoms with Crippen molar-refractivity contribution in [1.82, 2.24) is 25.2 Å². The highest BCUT2D eigenvalue weighted by Gasteiger charge is 2.41. The summed E-state index contributed by atoms with van der Waals surface area (Å²) in [6.07, 6.45) is 8.88. The number of hydrogen-bond acceptors (Lipinski definition) is 6. The summed E-state index contributed by atoms with van der Waals surface area (Å²) in [5.74, 6) is -0.456. The molecule has 1 N–H and O–H groups in total. The van der Waals surface area contributed by atoms with Crippen LogP contribution in [0.3, 0.4) is 0 Å². The Labute approximate surface area is 193 Å². The van der Waals surface area contributed by atoms with E-state index in [1.807, 2.05) is 24.3 Å². The predicted molar refractivity (Wildman–Crippen MR) is 121 cm³/mol. The number of likely N-dealkylation sites (tertiary alicyclic amines) is 1. The molecule has 1 aromatic carbocycles. The molecular weight excluding hydrogens is 430 g/mol. The Balaban J connectivity index is 1.43. The molecule has 32 heavy (non-hydrogen) atoms. The highest BCUT2D eigenvalue weighted by molar-refractivity contribution is 6.30. The Bertz CT molecular complexity index is 943. The van der Waals surface area contributed by atoms with Crippen molar-refractivity contribution in [3.05, 3.63) is 46.7 Å². The molecule has 1 aromatic heterocycles. The Morgan fingerprint density at radius 1 is 1.22 bits per heavy atom. The average Bonchev–Trinajstić information content (AvgIpc) is 3.47. The molecule has 0 radical (unpaired) electrons. The molecule has 1 aliphatic heterocycles. The van der Waals surface area contributed by atoms with E-state index < -0.39 is 5.97 Å². The summed E-state index contributed by atoms with van der Waals surface area (Å²) in [4.78, 5) is 27.3. The fraction of sp³-hybridized carbons (Fsp3) is 0.565. The number of nitrogens with one attached hydrogen (secondary N) is 1. The lowest BCUT2D eigenvalue weighted by Gasteiger charge is -2.34. The largest absolute Gasteiger partial charge is 0.464 e. The Morgan fingerprint density at radius 2 is 2.03 bits per heavy atom. The van der Waals surface area contributed by atoms with Gasteiger partial charge in [0, 0.05) is 24.2 Å². The van der Waals surface area contributed by atoms with Crippen LogP contribution in [-0.4, -0.2) is 64.1 Å². The van der Waals surface area contributed by atoms with E-state index in [1.165, 1.54) is 26.4 Å². The van der Waals surface area contributed by atoms with Crippen LogP contribution in [0.1, 0.15) is 60.6 Å². The van der Waals surface area contributed by atoms with Gasteiger partial charge in [-0.15, -0.1) is 5.10 Å². The van der Waals surface area contributed by atoms with Crippen molar-refractivity contribution in [3.8, 4) is 0 Å². The van der Waals surface area contributed by atoms with Crippen LogP contribution in [0.15, 0.2) is 30.5 Å². The first-order valence-corrected chi connectivity index (χ1v) is 11.7. The zero-order chi connectivity index (χ0) is 22.5. The molecule has 9 heteroatoms. The van der Waals surface area contributed by atoms with E-state index in [0.717, 1.165) is 31.4 Å². The Kier molecular flexibility index (Phi) is 7.42. The van der Waals surface area contributed by atoms with Crippen LogP contribution in [-0.2, 0) is 16.0 Å². The third kappa shape index (κ3) is 5.30. The first-order chi connectivity index (χ1) is 15.5. The third-order valence-electron chi connectivity index (χ3n) is 6.54. The molecule has 1 saturated carbocycles. The van der Waals surface area contributed by atoms with Gasteiger partial charge in [0.1, 0.15) is 0 Å². The summed E-state index contributed by atoms with van der Waals surface area (Å²) in [6, 6.07) is 7.90. The van der Waals surface area contributed by atoms with E-state index in [1.54, 1.807) is 10.9 Å². The van der Waals surface area contributed by atoms with Gasteiger partial charge >= 0.3 is 5.97 Å². The molecule has 2 aliphatic rings. The summed E-state index contributed by atoms with van der Waals surface area (Å²) in [7, 11) is 1.32. The number of halogens is 1. The molecule has 1 amide bonds. The molecule has 2 fully saturated rings. The zero-order valence-electron chi connectivity index (χ0n) is 18.4. The van der Waals surface area contributed by atoms with Gasteiger partial charge in [0.05, 0.1) is 25.4 Å². The lowest BCUT2D eigenvalue weighted by atomic mass is 9.93. The number of nitrogens with zero attached hydrogens (tertiary/aromatic N) is 4. The van der Waals surface area contributed by atoms with E-state index >= 15 is 0 Å². The molecular formula is C23H30ClN5O3. The number of amides is 1. The smallest absolute Gasteiger partial charge is 0.360 e. The summed E-state index contributed by atoms with van der Waals surface area (Å²) in [6.45, 7) is 1.29. The number of methoxy groups -OCH3 is 1. The van der Waals surface area contributed by atoms with E-state index in [9.17, 15) is 9.59 Å². The van der Waals surface area contributed by atoms with Crippen LogP contribution >= 0.6 is 11.6 Å². The van der Waals surface area contributed by atoms with Crippen molar-refractivity contribution in [2.45, 2.75) is 63.1 Å². The van der Waals surface area contributed by atoms with Crippen molar-refractivity contribution in [1.29, 1.82) is 0 Å². The number of carbonyl (C=O) groups excluding carboxylic acids is 2. The number of aromatic nitrogens is 3. The monoisotopic (exact) mass is 459 g/mol. The van der Waals surface area contributed by atoms with Crippen molar-refractivity contribution in [2.75, 3.05) is 20.2 Å². The molecule has 0 spiro atoms. The molecule has 172 valence electrons. The molecule has 1 aliphatic carbocycles. The van der Waals surface area contributed by atoms with Gasteiger partial charge in [-0.25, -0.2) is 9.48 Å². The number of carbonyl (C=O) groups is 2.